The van der Waals surface area contributed by atoms with Crippen LogP contribution in [0.15, 0.2) is 29.1 Å². The van der Waals surface area contributed by atoms with Crippen molar-refractivity contribution in [2.45, 2.75) is 101 Å². The van der Waals surface area contributed by atoms with E-state index in [2.05, 4.69) is 16.8 Å². The maximum absolute atomic E-state index is 13.9. The van der Waals surface area contributed by atoms with E-state index in [9.17, 15) is 14.7 Å². The molecule has 7 nitrogen and oxygen atoms in total. The van der Waals surface area contributed by atoms with Crippen molar-refractivity contribution >= 4 is 22.8 Å². The molecule has 0 spiro atoms. The molecule has 2 aromatic rings. The molecule has 4 bridgehead atoms. The van der Waals surface area contributed by atoms with Gasteiger partial charge in [-0.25, -0.2) is 9.78 Å². The summed E-state index contributed by atoms with van der Waals surface area (Å²) in [7, 11) is 0. The minimum absolute atomic E-state index is 0.112. The number of anilines is 1. The number of para-hydroxylation sites is 2. The second kappa shape index (κ2) is 8.57. The van der Waals surface area contributed by atoms with Crippen LogP contribution in [0.3, 0.4) is 0 Å². The summed E-state index contributed by atoms with van der Waals surface area (Å²) in [5.74, 6) is 2.15. The molecule has 4 heterocycles. The van der Waals surface area contributed by atoms with Crippen LogP contribution < -0.4 is 10.5 Å². The predicted molar refractivity (Wildman–Crippen MR) is 139 cm³/mol. The Balaban J connectivity index is 1.20. The predicted octanol–water partition coefficient (Wildman–Crippen LogP) is 4.44. The first-order valence-corrected chi connectivity index (χ1v) is 14.2. The van der Waals surface area contributed by atoms with Crippen molar-refractivity contribution < 1.29 is 9.90 Å². The van der Waals surface area contributed by atoms with Crippen LogP contribution >= 0.6 is 0 Å². The standard InChI is InChI=1S/C29H38N4O3/c1-17-10-18-12-19(11-17)14-22(13-18)32-20-6-7-21(32)16-23(15-20)33-25-5-3-2-4-24(25)30-27(28(33)34)31-9-8-26(31)29(35)36/h2-5,17-23,26H,6-16H2,1H3,(H,35,36)/t17?,18-,19+,20-,21+,22?,23?,26-/m0/s1. The number of nitrogens with zero attached hydrogens (tertiary/aromatic N) is 4. The molecule has 1 aromatic carbocycles. The number of aromatic nitrogens is 2. The highest BCUT2D eigenvalue weighted by molar-refractivity contribution is 5.81. The van der Waals surface area contributed by atoms with Gasteiger partial charge in [0.05, 0.1) is 11.0 Å². The van der Waals surface area contributed by atoms with Gasteiger partial charge in [0.25, 0.3) is 5.56 Å². The Morgan fingerprint density at radius 3 is 2.22 bits per heavy atom. The Bertz CT molecular complexity index is 1210. The number of carboxylic acid groups (broad SMARTS) is 1. The number of hydrogen-bond donors (Lipinski definition) is 1. The molecule has 3 unspecified atom stereocenters. The van der Waals surface area contributed by atoms with Gasteiger partial charge in [-0.15, -0.1) is 0 Å². The highest BCUT2D eigenvalue weighted by Crippen LogP contribution is 2.49. The summed E-state index contributed by atoms with van der Waals surface area (Å²) in [5, 5.41) is 9.61. The maximum atomic E-state index is 13.9. The molecule has 3 aliphatic heterocycles. The van der Waals surface area contributed by atoms with Crippen molar-refractivity contribution in [2.24, 2.45) is 17.8 Å². The van der Waals surface area contributed by atoms with E-state index in [1.54, 1.807) is 4.90 Å². The number of fused-ring (bicyclic) bond motifs is 5. The molecule has 5 aliphatic rings. The van der Waals surface area contributed by atoms with Gasteiger partial charge in [-0.2, -0.15) is 0 Å². The highest BCUT2D eigenvalue weighted by atomic mass is 16.4. The lowest BCUT2D eigenvalue weighted by molar-refractivity contribution is -0.140. The molecule has 7 rings (SSSR count). The van der Waals surface area contributed by atoms with Crippen LogP contribution in [0.5, 0.6) is 0 Å². The maximum Gasteiger partial charge on any atom is 0.326 e. The molecule has 192 valence electrons. The van der Waals surface area contributed by atoms with E-state index in [1.807, 2.05) is 28.8 Å². The summed E-state index contributed by atoms with van der Waals surface area (Å²) < 4.78 is 1.99. The number of hydrogen-bond acceptors (Lipinski definition) is 5. The minimum Gasteiger partial charge on any atom is -0.480 e. The molecule has 5 fully saturated rings. The first kappa shape index (κ1) is 22.8. The van der Waals surface area contributed by atoms with Gasteiger partial charge in [0.2, 0.25) is 0 Å². The Morgan fingerprint density at radius 1 is 0.889 bits per heavy atom. The summed E-state index contributed by atoms with van der Waals surface area (Å²) in [6.07, 6.45) is 12.1. The third-order valence-corrected chi connectivity index (χ3v) is 10.3. The molecule has 0 amide bonds. The van der Waals surface area contributed by atoms with E-state index < -0.39 is 12.0 Å². The smallest absolute Gasteiger partial charge is 0.326 e. The van der Waals surface area contributed by atoms with Crippen LogP contribution in [0.2, 0.25) is 0 Å². The normalized spacial score (nSPS) is 38.2. The van der Waals surface area contributed by atoms with Crippen molar-refractivity contribution in [3.63, 3.8) is 0 Å². The van der Waals surface area contributed by atoms with Gasteiger partial charge >= 0.3 is 5.97 Å². The Morgan fingerprint density at radius 2 is 1.58 bits per heavy atom. The monoisotopic (exact) mass is 490 g/mol. The van der Waals surface area contributed by atoms with E-state index in [1.165, 1.54) is 44.9 Å². The second-order valence-electron chi connectivity index (χ2n) is 12.6. The average Bonchev–Trinajstić information content (AvgIpc) is 3.07. The summed E-state index contributed by atoms with van der Waals surface area (Å²) in [6, 6.07) is 9.21. The number of carboxylic acids is 1. The largest absolute Gasteiger partial charge is 0.480 e. The molecule has 1 N–H and O–H groups in total. The molecule has 3 saturated heterocycles. The van der Waals surface area contributed by atoms with Crippen molar-refractivity contribution in [1.82, 2.24) is 14.5 Å². The zero-order valence-electron chi connectivity index (χ0n) is 21.3. The number of aliphatic carboxylic acids is 1. The third-order valence-electron chi connectivity index (χ3n) is 10.3. The fourth-order valence-electron chi connectivity index (χ4n) is 8.97. The van der Waals surface area contributed by atoms with Crippen LogP contribution in [-0.2, 0) is 4.79 Å². The van der Waals surface area contributed by atoms with Crippen LogP contribution in [0.25, 0.3) is 11.0 Å². The van der Waals surface area contributed by atoms with Crippen molar-refractivity contribution in [2.75, 3.05) is 11.4 Å². The molecular weight excluding hydrogens is 452 g/mol. The first-order chi connectivity index (χ1) is 17.5. The Labute approximate surface area is 212 Å². The number of carbonyl (C=O) groups is 1. The number of rotatable bonds is 4. The molecule has 7 heteroatoms. The van der Waals surface area contributed by atoms with Gasteiger partial charge in [-0.1, -0.05) is 19.1 Å². The van der Waals surface area contributed by atoms with Crippen molar-refractivity contribution in [3.8, 4) is 0 Å². The van der Waals surface area contributed by atoms with Crippen LogP contribution in [-0.4, -0.2) is 56.2 Å². The molecule has 2 aliphatic carbocycles. The van der Waals surface area contributed by atoms with E-state index >= 15 is 0 Å². The quantitative estimate of drug-likeness (QED) is 0.683. The third kappa shape index (κ3) is 3.60. The van der Waals surface area contributed by atoms with Gasteiger partial charge in [-0.05, 0) is 94.1 Å². The van der Waals surface area contributed by atoms with E-state index in [0.717, 1.165) is 47.7 Å². The lowest BCUT2D eigenvalue weighted by Gasteiger charge is -2.50. The molecular formula is C29H38N4O3. The summed E-state index contributed by atoms with van der Waals surface area (Å²) in [6.45, 7) is 3.02. The fraction of sp³-hybridized carbons (Fsp3) is 0.690. The van der Waals surface area contributed by atoms with Gasteiger partial charge in [0.1, 0.15) is 6.04 Å². The Hall–Kier alpha value is -2.41. The lowest BCUT2D eigenvalue weighted by atomic mass is 9.66. The topological polar surface area (TPSA) is 78.7 Å². The molecule has 1 aromatic heterocycles. The van der Waals surface area contributed by atoms with E-state index in [-0.39, 0.29) is 11.6 Å². The summed E-state index contributed by atoms with van der Waals surface area (Å²) >= 11 is 0. The van der Waals surface area contributed by atoms with Gasteiger partial charge in [0, 0.05) is 30.7 Å². The van der Waals surface area contributed by atoms with Crippen LogP contribution in [0.4, 0.5) is 5.82 Å². The molecule has 0 radical (unpaired) electrons. The first-order valence-electron chi connectivity index (χ1n) is 14.2. The lowest BCUT2D eigenvalue weighted by Crippen LogP contribution is -2.56. The SMILES string of the molecule is CC1C[C@@H]2CC(N3[C@@H]4CC[C@H]3CC(n3c(=O)c(N5CC[C@H]5C(=O)O)nc5ccccc53)C4)C[C@H](C1)C2. The van der Waals surface area contributed by atoms with Gasteiger partial charge in [-0.3, -0.25) is 9.69 Å². The fourth-order valence-corrected chi connectivity index (χ4v) is 8.97. The number of benzene rings is 1. The van der Waals surface area contributed by atoms with Crippen LogP contribution in [0, 0.1) is 17.8 Å². The van der Waals surface area contributed by atoms with Crippen LogP contribution in [0.1, 0.15) is 77.2 Å². The van der Waals surface area contributed by atoms with Crippen molar-refractivity contribution in [1.29, 1.82) is 0 Å². The van der Waals surface area contributed by atoms with Gasteiger partial charge < -0.3 is 14.6 Å². The second-order valence-corrected chi connectivity index (χ2v) is 12.6. The van der Waals surface area contributed by atoms with E-state index in [4.69, 9.17) is 0 Å². The Kier molecular flexibility index (Phi) is 5.42. The average molecular weight is 491 g/mol. The zero-order chi connectivity index (χ0) is 24.6. The summed E-state index contributed by atoms with van der Waals surface area (Å²) in [4.78, 5) is 34.9. The zero-order valence-corrected chi connectivity index (χ0v) is 21.3. The molecule has 8 atom stereocenters. The van der Waals surface area contributed by atoms with Crippen molar-refractivity contribution in [3.05, 3.63) is 34.6 Å². The molecule has 36 heavy (non-hydrogen) atoms. The highest BCUT2D eigenvalue weighted by Gasteiger charge is 2.48. The number of piperidine rings is 1. The summed E-state index contributed by atoms with van der Waals surface area (Å²) in [5.41, 5.74) is 1.56. The molecule has 2 saturated carbocycles. The van der Waals surface area contributed by atoms with Gasteiger partial charge in [0.15, 0.2) is 5.82 Å². The minimum atomic E-state index is -0.875. The van der Waals surface area contributed by atoms with E-state index in [0.29, 0.717) is 30.9 Å².